The van der Waals surface area contributed by atoms with Gasteiger partial charge in [0.15, 0.2) is 0 Å². The van der Waals surface area contributed by atoms with Crippen molar-refractivity contribution in [2.75, 3.05) is 6.54 Å². The molecule has 0 unspecified atom stereocenters. The average molecular weight is 415 g/mol. The van der Waals surface area contributed by atoms with E-state index in [1.54, 1.807) is 12.3 Å². The molecule has 1 amide bonds. The summed E-state index contributed by atoms with van der Waals surface area (Å²) in [5.74, 6) is -2.95. The van der Waals surface area contributed by atoms with Crippen molar-refractivity contribution >= 4 is 17.5 Å². The molecule has 30 heavy (non-hydrogen) atoms. The van der Waals surface area contributed by atoms with Gasteiger partial charge in [-0.05, 0) is 37.1 Å². The third-order valence-electron chi connectivity index (χ3n) is 4.26. The number of halogens is 2. The van der Waals surface area contributed by atoms with Crippen LogP contribution in [-0.2, 0) is 16.1 Å². The largest absolute Gasteiger partial charge is 0.459 e. The summed E-state index contributed by atoms with van der Waals surface area (Å²) in [4.78, 5) is 40.1. The van der Waals surface area contributed by atoms with E-state index in [1.165, 1.54) is 10.5 Å². The molecular formula is C21H19F2N3O4. The Morgan fingerprint density at radius 2 is 1.97 bits per heavy atom. The van der Waals surface area contributed by atoms with Crippen molar-refractivity contribution in [2.45, 2.75) is 26.4 Å². The Bertz CT molecular complexity index is 1160. The van der Waals surface area contributed by atoms with E-state index in [1.807, 2.05) is 13.0 Å². The molecule has 0 aliphatic rings. The van der Waals surface area contributed by atoms with Gasteiger partial charge in [0.25, 0.3) is 11.5 Å². The van der Waals surface area contributed by atoms with Gasteiger partial charge in [-0.1, -0.05) is 6.07 Å². The fraction of sp³-hybridized carbons (Fsp3) is 0.238. The number of carbonyl (C=O) groups is 2. The summed E-state index contributed by atoms with van der Waals surface area (Å²) >= 11 is 0. The van der Waals surface area contributed by atoms with Crippen molar-refractivity contribution in [3.63, 3.8) is 0 Å². The van der Waals surface area contributed by atoms with E-state index in [4.69, 9.17) is 4.74 Å². The summed E-state index contributed by atoms with van der Waals surface area (Å²) in [7, 11) is 0. The number of fused-ring (bicyclic) bond motifs is 1. The summed E-state index contributed by atoms with van der Waals surface area (Å²) < 4.78 is 32.9. The minimum atomic E-state index is -0.958. The number of nitrogens with zero attached hydrogens (tertiary/aromatic N) is 2. The zero-order chi connectivity index (χ0) is 21.7. The summed E-state index contributed by atoms with van der Waals surface area (Å²) in [6, 6.07) is 7.49. The van der Waals surface area contributed by atoms with Gasteiger partial charge in [0.1, 0.15) is 23.9 Å². The highest BCUT2D eigenvalue weighted by atomic mass is 19.1. The maximum Gasteiger partial charge on any atom is 0.306 e. The SMILES string of the molecule is Cc1ccc2nc(COC(=O)CCCNC(=O)c3ccc(F)cc3F)cc(=O)n2c1. The second-order valence-electron chi connectivity index (χ2n) is 6.66. The average Bonchev–Trinajstić information content (AvgIpc) is 2.70. The van der Waals surface area contributed by atoms with Crippen molar-refractivity contribution in [3.8, 4) is 0 Å². The summed E-state index contributed by atoms with van der Waals surface area (Å²) in [6.45, 7) is 1.82. The number of rotatable bonds is 7. The molecule has 0 atom stereocenters. The lowest BCUT2D eigenvalue weighted by molar-refractivity contribution is -0.145. The summed E-state index contributed by atoms with van der Waals surface area (Å²) in [5.41, 5.74) is 1.15. The standard InChI is InChI=1S/C21H19F2N3O4/c1-13-4-7-18-25-15(10-19(27)26(18)11-13)12-30-20(28)3-2-8-24-21(29)16-6-5-14(22)9-17(16)23/h4-7,9-11H,2-3,8,12H2,1H3,(H,24,29). The number of nitrogens with one attached hydrogen (secondary N) is 1. The second kappa shape index (κ2) is 9.25. The zero-order valence-corrected chi connectivity index (χ0v) is 16.2. The van der Waals surface area contributed by atoms with Crippen LogP contribution in [-0.4, -0.2) is 27.8 Å². The van der Waals surface area contributed by atoms with Crippen LogP contribution in [0.1, 0.15) is 34.5 Å². The Morgan fingerprint density at radius 1 is 1.17 bits per heavy atom. The van der Waals surface area contributed by atoms with E-state index in [9.17, 15) is 23.2 Å². The normalized spacial score (nSPS) is 10.8. The number of aromatic nitrogens is 2. The first kappa shape index (κ1) is 21.1. The number of hydrogen-bond donors (Lipinski definition) is 1. The van der Waals surface area contributed by atoms with Gasteiger partial charge < -0.3 is 10.1 Å². The van der Waals surface area contributed by atoms with Crippen molar-refractivity contribution in [1.82, 2.24) is 14.7 Å². The number of aryl methyl sites for hydroxylation is 1. The van der Waals surface area contributed by atoms with Gasteiger partial charge in [0, 0.05) is 31.3 Å². The quantitative estimate of drug-likeness (QED) is 0.473. The van der Waals surface area contributed by atoms with E-state index in [0.717, 1.165) is 17.7 Å². The summed E-state index contributed by atoms with van der Waals surface area (Å²) in [6.07, 6.45) is 1.95. The van der Waals surface area contributed by atoms with Crippen LogP contribution in [0, 0.1) is 18.6 Å². The molecule has 2 heterocycles. The van der Waals surface area contributed by atoms with E-state index in [-0.39, 0.29) is 37.1 Å². The van der Waals surface area contributed by atoms with Gasteiger partial charge in [0.2, 0.25) is 0 Å². The number of benzene rings is 1. The molecule has 3 rings (SSSR count). The molecule has 1 aromatic carbocycles. The fourth-order valence-corrected chi connectivity index (χ4v) is 2.76. The zero-order valence-electron chi connectivity index (χ0n) is 16.2. The fourth-order valence-electron chi connectivity index (χ4n) is 2.76. The number of hydrogen-bond acceptors (Lipinski definition) is 5. The van der Waals surface area contributed by atoms with Crippen LogP contribution in [0.4, 0.5) is 8.78 Å². The number of amides is 1. The number of ether oxygens (including phenoxy) is 1. The Balaban J connectivity index is 1.45. The molecule has 0 saturated heterocycles. The maximum absolute atomic E-state index is 13.5. The third kappa shape index (κ3) is 5.25. The van der Waals surface area contributed by atoms with Crippen molar-refractivity contribution in [2.24, 2.45) is 0 Å². The van der Waals surface area contributed by atoms with Gasteiger partial charge in [-0.25, -0.2) is 13.8 Å². The maximum atomic E-state index is 13.5. The Kier molecular flexibility index (Phi) is 6.51. The predicted molar refractivity (Wildman–Crippen MR) is 104 cm³/mol. The van der Waals surface area contributed by atoms with E-state index >= 15 is 0 Å². The second-order valence-corrected chi connectivity index (χ2v) is 6.66. The third-order valence-corrected chi connectivity index (χ3v) is 4.26. The Morgan fingerprint density at radius 3 is 2.73 bits per heavy atom. The molecule has 0 saturated carbocycles. The first-order valence-corrected chi connectivity index (χ1v) is 9.21. The molecule has 156 valence electrons. The number of carbonyl (C=O) groups excluding carboxylic acids is 2. The van der Waals surface area contributed by atoms with Crippen LogP contribution in [0.15, 0.2) is 47.4 Å². The minimum Gasteiger partial charge on any atom is -0.459 e. The molecule has 9 heteroatoms. The lowest BCUT2D eigenvalue weighted by atomic mass is 10.2. The molecule has 0 radical (unpaired) electrons. The molecule has 0 spiro atoms. The molecule has 0 bridgehead atoms. The number of esters is 1. The Labute approximate surface area is 170 Å². The monoisotopic (exact) mass is 415 g/mol. The molecule has 0 fully saturated rings. The smallest absolute Gasteiger partial charge is 0.306 e. The lowest BCUT2D eigenvalue weighted by Crippen LogP contribution is -2.26. The lowest BCUT2D eigenvalue weighted by Gasteiger charge is -2.08. The van der Waals surface area contributed by atoms with Gasteiger partial charge in [0.05, 0.1) is 11.3 Å². The van der Waals surface area contributed by atoms with E-state index in [2.05, 4.69) is 10.3 Å². The molecule has 7 nitrogen and oxygen atoms in total. The highest BCUT2D eigenvalue weighted by molar-refractivity contribution is 5.94. The topological polar surface area (TPSA) is 89.8 Å². The van der Waals surface area contributed by atoms with E-state index < -0.39 is 23.5 Å². The molecular weight excluding hydrogens is 396 g/mol. The van der Waals surface area contributed by atoms with Crippen LogP contribution in [0.3, 0.4) is 0 Å². The van der Waals surface area contributed by atoms with Crippen LogP contribution in [0.25, 0.3) is 5.65 Å². The summed E-state index contributed by atoms with van der Waals surface area (Å²) in [5, 5.41) is 2.45. The van der Waals surface area contributed by atoms with Crippen molar-refractivity contribution < 1.29 is 23.1 Å². The van der Waals surface area contributed by atoms with Crippen molar-refractivity contribution in [3.05, 3.63) is 81.4 Å². The van der Waals surface area contributed by atoms with Gasteiger partial charge in [-0.2, -0.15) is 0 Å². The van der Waals surface area contributed by atoms with Crippen LogP contribution >= 0.6 is 0 Å². The highest BCUT2D eigenvalue weighted by Gasteiger charge is 2.12. The van der Waals surface area contributed by atoms with E-state index in [0.29, 0.717) is 17.4 Å². The molecule has 0 aliphatic heterocycles. The predicted octanol–water partition coefficient (Wildman–Crippen LogP) is 2.53. The minimum absolute atomic E-state index is 0.0118. The van der Waals surface area contributed by atoms with Gasteiger partial charge in [-0.15, -0.1) is 0 Å². The molecule has 0 aliphatic carbocycles. The van der Waals surface area contributed by atoms with Gasteiger partial charge >= 0.3 is 5.97 Å². The van der Waals surface area contributed by atoms with Crippen LogP contribution in [0.5, 0.6) is 0 Å². The van der Waals surface area contributed by atoms with Crippen molar-refractivity contribution in [1.29, 1.82) is 0 Å². The number of pyridine rings is 1. The van der Waals surface area contributed by atoms with Crippen LogP contribution < -0.4 is 10.9 Å². The first-order chi connectivity index (χ1) is 14.3. The molecule has 2 aromatic heterocycles. The van der Waals surface area contributed by atoms with Gasteiger partial charge in [-0.3, -0.25) is 18.8 Å². The Hall–Kier alpha value is -3.62. The highest BCUT2D eigenvalue weighted by Crippen LogP contribution is 2.09. The van der Waals surface area contributed by atoms with Crippen LogP contribution in [0.2, 0.25) is 0 Å². The first-order valence-electron chi connectivity index (χ1n) is 9.21. The molecule has 1 N–H and O–H groups in total. The molecule has 3 aromatic rings.